The van der Waals surface area contributed by atoms with Crippen molar-refractivity contribution in [1.82, 2.24) is 25.0 Å². The third-order valence-corrected chi connectivity index (χ3v) is 3.69. The first-order valence-electron chi connectivity index (χ1n) is 7.17. The van der Waals surface area contributed by atoms with Gasteiger partial charge in [-0.2, -0.15) is 0 Å². The molecule has 0 bridgehead atoms. The van der Waals surface area contributed by atoms with E-state index >= 15 is 0 Å². The average Bonchev–Trinajstić information content (AvgIpc) is 2.92. The number of nitrogens with zero attached hydrogens (tertiary/aromatic N) is 4. The van der Waals surface area contributed by atoms with Gasteiger partial charge in [0.15, 0.2) is 5.82 Å². The van der Waals surface area contributed by atoms with Gasteiger partial charge < -0.3 is 19.9 Å². The number of aromatic nitrogens is 3. The fourth-order valence-corrected chi connectivity index (χ4v) is 2.29. The van der Waals surface area contributed by atoms with Gasteiger partial charge in [-0.1, -0.05) is 6.92 Å². The molecule has 1 aliphatic heterocycles. The molecule has 1 aliphatic rings. The molecule has 2 N–H and O–H groups in total. The van der Waals surface area contributed by atoms with Crippen LogP contribution in [0.15, 0.2) is 6.33 Å². The van der Waals surface area contributed by atoms with E-state index in [2.05, 4.69) is 15.5 Å². The fraction of sp³-hybridized carbons (Fsp3) is 0.692. The Morgan fingerprint density at radius 2 is 2.24 bits per heavy atom. The molecule has 0 radical (unpaired) electrons. The maximum absolute atomic E-state index is 12.0. The molecule has 0 saturated carbocycles. The number of fused-ring (bicyclic) bond motifs is 1. The Bertz CT molecular complexity index is 502. The lowest BCUT2D eigenvalue weighted by Gasteiger charge is -2.27. The highest BCUT2D eigenvalue weighted by atomic mass is 16.4. The average molecular weight is 295 g/mol. The second-order valence-corrected chi connectivity index (χ2v) is 5.42. The molecule has 8 nitrogen and oxygen atoms in total. The summed E-state index contributed by atoms with van der Waals surface area (Å²) in [7, 11) is 0. The summed E-state index contributed by atoms with van der Waals surface area (Å²) in [6.07, 6.45) is 3.27. The number of carbonyl (C=O) groups excluding carboxylic acids is 1. The lowest BCUT2D eigenvalue weighted by molar-refractivity contribution is -0.137. The maximum Gasteiger partial charge on any atom is 0.317 e. The molecular formula is C13H21N5O3. The summed E-state index contributed by atoms with van der Waals surface area (Å²) in [5.74, 6) is 0.306. The molecule has 2 amide bonds. The van der Waals surface area contributed by atoms with Gasteiger partial charge in [-0.25, -0.2) is 4.79 Å². The molecule has 1 aromatic rings. The van der Waals surface area contributed by atoms with E-state index in [1.807, 2.05) is 11.5 Å². The SMILES string of the molecule is CC(CCNC(=O)N1CCn2cnnc2C1)CCC(=O)O. The number of aliphatic carboxylic acids is 1. The van der Waals surface area contributed by atoms with Gasteiger partial charge >= 0.3 is 12.0 Å². The molecule has 1 atom stereocenters. The van der Waals surface area contributed by atoms with Crippen molar-refractivity contribution < 1.29 is 14.7 Å². The quantitative estimate of drug-likeness (QED) is 0.804. The van der Waals surface area contributed by atoms with Crippen molar-refractivity contribution in [3.8, 4) is 0 Å². The fourth-order valence-electron chi connectivity index (χ4n) is 2.29. The molecule has 116 valence electrons. The summed E-state index contributed by atoms with van der Waals surface area (Å²) in [5, 5.41) is 19.3. The summed E-state index contributed by atoms with van der Waals surface area (Å²) in [6.45, 7) is 4.39. The number of carboxylic acids is 1. The monoisotopic (exact) mass is 295 g/mol. The van der Waals surface area contributed by atoms with Gasteiger partial charge in [-0.15, -0.1) is 10.2 Å². The number of urea groups is 1. The van der Waals surface area contributed by atoms with E-state index in [0.29, 0.717) is 32.6 Å². The first-order chi connectivity index (χ1) is 10.1. The van der Waals surface area contributed by atoms with E-state index in [1.54, 1.807) is 11.2 Å². The van der Waals surface area contributed by atoms with Crippen LogP contribution in [0.5, 0.6) is 0 Å². The van der Waals surface area contributed by atoms with Crippen molar-refractivity contribution in [3.63, 3.8) is 0 Å². The van der Waals surface area contributed by atoms with Crippen LogP contribution in [0, 0.1) is 5.92 Å². The second-order valence-electron chi connectivity index (χ2n) is 5.42. The van der Waals surface area contributed by atoms with Gasteiger partial charge in [0.2, 0.25) is 0 Å². The van der Waals surface area contributed by atoms with Crippen molar-refractivity contribution in [3.05, 3.63) is 12.2 Å². The number of carbonyl (C=O) groups is 2. The Hall–Kier alpha value is -2.12. The highest BCUT2D eigenvalue weighted by Gasteiger charge is 2.21. The summed E-state index contributed by atoms with van der Waals surface area (Å²) in [5.41, 5.74) is 0. The molecule has 1 unspecified atom stereocenters. The second kappa shape index (κ2) is 7.05. The number of carboxylic acid groups (broad SMARTS) is 1. The van der Waals surface area contributed by atoms with E-state index < -0.39 is 5.97 Å². The molecule has 0 aliphatic carbocycles. The zero-order chi connectivity index (χ0) is 15.2. The van der Waals surface area contributed by atoms with Gasteiger partial charge in [-0.05, 0) is 18.8 Å². The Morgan fingerprint density at radius 3 is 3.00 bits per heavy atom. The van der Waals surface area contributed by atoms with Crippen molar-refractivity contribution >= 4 is 12.0 Å². The van der Waals surface area contributed by atoms with Crippen LogP contribution in [0.1, 0.15) is 32.0 Å². The Kier molecular flexibility index (Phi) is 5.13. The zero-order valence-corrected chi connectivity index (χ0v) is 12.2. The summed E-state index contributed by atoms with van der Waals surface area (Å²) in [4.78, 5) is 24.2. The van der Waals surface area contributed by atoms with Crippen LogP contribution in [-0.2, 0) is 17.9 Å². The molecule has 2 rings (SSSR count). The first kappa shape index (κ1) is 15.3. The van der Waals surface area contributed by atoms with Crippen LogP contribution in [0.25, 0.3) is 0 Å². The minimum absolute atomic E-state index is 0.102. The van der Waals surface area contributed by atoms with E-state index in [0.717, 1.165) is 12.2 Å². The lowest BCUT2D eigenvalue weighted by Crippen LogP contribution is -2.44. The van der Waals surface area contributed by atoms with E-state index in [9.17, 15) is 9.59 Å². The lowest BCUT2D eigenvalue weighted by atomic mass is 10.0. The van der Waals surface area contributed by atoms with Gasteiger partial charge in [0, 0.05) is 26.1 Å². The topological polar surface area (TPSA) is 100 Å². The first-order valence-corrected chi connectivity index (χ1v) is 7.17. The Morgan fingerprint density at radius 1 is 1.43 bits per heavy atom. The normalized spacial score (nSPS) is 15.4. The van der Waals surface area contributed by atoms with E-state index in [1.165, 1.54) is 0 Å². The molecular weight excluding hydrogens is 274 g/mol. The molecule has 0 fully saturated rings. The number of hydrogen-bond acceptors (Lipinski definition) is 4. The third-order valence-electron chi connectivity index (χ3n) is 3.69. The van der Waals surface area contributed by atoms with Crippen LogP contribution in [0.3, 0.4) is 0 Å². The van der Waals surface area contributed by atoms with E-state index in [4.69, 9.17) is 5.11 Å². The standard InChI is InChI=1S/C13H21N5O3/c1-10(2-3-12(19)20)4-5-14-13(21)17-6-7-18-9-15-16-11(18)8-17/h9-10H,2-8H2,1H3,(H,14,21)(H,19,20). The molecule has 0 aromatic carbocycles. The Balaban J connectivity index is 1.67. The molecule has 1 aromatic heterocycles. The van der Waals surface area contributed by atoms with Gasteiger partial charge in [0.05, 0.1) is 6.54 Å². The van der Waals surface area contributed by atoms with Crippen molar-refractivity contribution in [2.24, 2.45) is 5.92 Å². The van der Waals surface area contributed by atoms with Crippen LogP contribution >= 0.6 is 0 Å². The predicted molar refractivity (Wildman–Crippen MR) is 74.5 cm³/mol. The van der Waals surface area contributed by atoms with Crippen LogP contribution in [0.4, 0.5) is 4.79 Å². The van der Waals surface area contributed by atoms with Crippen molar-refractivity contribution in [2.45, 2.75) is 39.3 Å². The minimum Gasteiger partial charge on any atom is -0.481 e. The largest absolute Gasteiger partial charge is 0.481 e. The summed E-state index contributed by atoms with van der Waals surface area (Å²) in [6, 6.07) is -0.102. The number of amides is 2. The highest BCUT2D eigenvalue weighted by Crippen LogP contribution is 2.11. The van der Waals surface area contributed by atoms with Gasteiger partial charge in [0.1, 0.15) is 6.33 Å². The summed E-state index contributed by atoms with van der Waals surface area (Å²) >= 11 is 0. The van der Waals surface area contributed by atoms with E-state index in [-0.39, 0.29) is 18.4 Å². The van der Waals surface area contributed by atoms with Crippen molar-refractivity contribution in [2.75, 3.05) is 13.1 Å². The molecule has 21 heavy (non-hydrogen) atoms. The van der Waals surface area contributed by atoms with Gasteiger partial charge in [-0.3, -0.25) is 4.79 Å². The maximum atomic E-state index is 12.0. The highest BCUT2D eigenvalue weighted by molar-refractivity contribution is 5.74. The zero-order valence-electron chi connectivity index (χ0n) is 12.2. The third kappa shape index (κ3) is 4.44. The van der Waals surface area contributed by atoms with Crippen LogP contribution in [0.2, 0.25) is 0 Å². The molecule has 2 heterocycles. The number of nitrogens with one attached hydrogen (secondary N) is 1. The minimum atomic E-state index is -0.775. The summed E-state index contributed by atoms with van der Waals surface area (Å²) < 4.78 is 1.94. The number of hydrogen-bond donors (Lipinski definition) is 2. The molecule has 8 heteroatoms. The van der Waals surface area contributed by atoms with Crippen molar-refractivity contribution in [1.29, 1.82) is 0 Å². The molecule has 0 spiro atoms. The smallest absolute Gasteiger partial charge is 0.317 e. The molecule has 0 saturated heterocycles. The van der Waals surface area contributed by atoms with Gasteiger partial charge in [0.25, 0.3) is 0 Å². The Labute approximate surface area is 123 Å². The number of rotatable bonds is 6. The van der Waals surface area contributed by atoms with Crippen LogP contribution in [-0.4, -0.2) is 49.9 Å². The van der Waals surface area contributed by atoms with Crippen LogP contribution < -0.4 is 5.32 Å². The predicted octanol–water partition coefficient (Wildman–Crippen LogP) is 0.694.